The number of benzene rings is 2. The molecule has 0 saturated carbocycles. The van der Waals surface area contributed by atoms with Crippen LogP contribution in [0.2, 0.25) is 0 Å². The van der Waals surface area contributed by atoms with Crippen LogP contribution in [0, 0.1) is 0 Å². The first-order chi connectivity index (χ1) is 12.1. The summed E-state index contributed by atoms with van der Waals surface area (Å²) in [6, 6.07) is 14.5. The molecule has 1 fully saturated rings. The zero-order valence-corrected chi connectivity index (χ0v) is 16.0. The van der Waals surface area contributed by atoms with E-state index in [0.29, 0.717) is 5.11 Å². The first-order valence-electron chi connectivity index (χ1n) is 8.16. The number of para-hydroxylation sites is 1. The van der Waals surface area contributed by atoms with E-state index in [1.807, 2.05) is 12.1 Å². The van der Waals surface area contributed by atoms with Crippen LogP contribution in [-0.4, -0.2) is 24.2 Å². The fraction of sp³-hybridized carbons (Fsp3) is 0.316. The monoisotopic (exact) mass is 372 g/mol. The zero-order valence-electron chi connectivity index (χ0n) is 14.4. The number of hydrogen-bond donors (Lipinski definition) is 1. The number of thiocarbonyl (C=S) groups is 1. The molecule has 0 radical (unpaired) electrons. The van der Waals surface area contributed by atoms with Gasteiger partial charge in [0.15, 0.2) is 22.3 Å². The van der Waals surface area contributed by atoms with Crippen molar-refractivity contribution in [2.75, 3.05) is 18.3 Å². The molecule has 4 rings (SSSR count). The van der Waals surface area contributed by atoms with Crippen molar-refractivity contribution >= 4 is 34.8 Å². The number of thioether (sulfide) groups is 1. The van der Waals surface area contributed by atoms with Gasteiger partial charge in [-0.2, -0.15) is 0 Å². The molecule has 0 aromatic heterocycles. The van der Waals surface area contributed by atoms with Gasteiger partial charge in [-0.05, 0) is 49.7 Å². The number of nitrogens with zero attached hydrogens (tertiary/aromatic N) is 1. The van der Waals surface area contributed by atoms with E-state index in [9.17, 15) is 0 Å². The summed E-state index contributed by atoms with van der Waals surface area (Å²) < 4.78 is 12.0. The van der Waals surface area contributed by atoms with Crippen LogP contribution in [0.25, 0.3) is 0 Å². The van der Waals surface area contributed by atoms with Crippen molar-refractivity contribution < 1.29 is 9.47 Å². The Morgan fingerprint density at radius 1 is 1.32 bits per heavy atom. The average Bonchev–Trinajstić information content (AvgIpc) is 2.60. The highest BCUT2D eigenvalue weighted by atomic mass is 32.2. The number of methoxy groups -OCH3 is 1. The molecule has 1 N–H and O–H groups in total. The second-order valence-electron chi connectivity index (χ2n) is 6.40. The van der Waals surface area contributed by atoms with E-state index in [1.165, 1.54) is 4.90 Å². The lowest BCUT2D eigenvalue weighted by Gasteiger charge is -2.52. The molecule has 2 heterocycles. The van der Waals surface area contributed by atoms with E-state index in [-0.39, 0.29) is 6.04 Å². The zero-order chi connectivity index (χ0) is 17.6. The van der Waals surface area contributed by atoms with Crippen LogP contribution in [0.5, 0.6) is 11.5 Å². The van der Waals surface area contributed by atoms with Crippen molar-refractivity contribution in [3.8, 4) is 11.5 Å². The molecular formula is C19H20N2O2S2. The Kier molecular flexibility index (Phi) is 4.04. The minimum Gasteiger partial charge on any atom is -0.493 e. The second kappa shape index (κ2) is 6.11. The van der Waals surface area contributed by atoms with E-state index >= 15 is 0 Å². The van der Waals surface area contributed by atoms with E-state index in [0.717, 1.165) is 29.2 Å². The lowest BCUT2D eigenvalue weighted by molar-refractivity contribution is 0.0464. The molecule has 2 bridgehead atoms. The van der Waals surface area contributed by atoms with E-state index < -0.39 is 5.72 Å². The predicted molar refractivity (Wildman–Crippen MR) is 106 cm³/mol. The Hall–Kier alpha value is -1.92. The number of fused-ring (bicyclic) bond motifs is 4. The first-order valence-corrected chi connectivity index (χ1v) is 9.80. The van der Waals surface area contributed by atoms with E-state index in [4.69, 9.17) is 21.7 Å². The summed E-state index contributed by atoms with van der Waals surface area (Å²) in [5, 5.41) is 4.17. The topological polar surface area (TPSA) is 33.7 Å². The molecule has 0 amide bonds. The summed E-state index contributed by atoms with van der Waals surface area (Å²) in [6.45, 7) is 2.09. The van der Waals surface area contributed by atoms with Gasteiger partial charge in [0.2, 0.25) is 0 Å². The van der Waals surface area contributed by atoms with Gasteiger partial charge < -0.3 is 14.8 Å². The highest BCUT2D eigenvalue weighted by Crippen LogP contribution is 2.49. The highest BCUT2D eigenvalue weighted by Gasteiger charge is 2.49. The van der Waals surface area contributed by atoms with Gasteiger partial charge in [0.25, 0.3) is 0 Å². The molecule has 0 unspecified atom stereocenters. The molecule has 2 aliphatic rings. The first kappa shape index (κ1) is 16.5. The molecule has 0 aliphatic carbocycles. The largest absolute Gasteiger partial charge is 0.493 e. The molecule has 6 heteroatoms. The van der Waals surface area contributed by atoms with Gasteiger partial charge in [-0.1, -0.05) is 18.2 Å². The third-order valence-corrected chi connectivity index (χ3v) is 5.82. The standard InChI is InChI=1S/C19H20N2O2S2/c1-19-11-15(14-8-5-9-16(22-2)17(14)23-19)20-18(24)21(19)12-6-4-7-13(10-12)25-3/h4-10,15H,11H2,1-3H3,(H,20,24)/t15-,19+/m1/s1. The Balaban J connectivity index is 1.81. The van der Waals surface area contributed by atoms with Gasteiger partial charge in [-0.15, -0.1) is 11.8 Å². The maximum atomic E-state index is 6.49. The summed E-state index contributed by atoms with van der Waals surface area (Å²) in [5.41, 5.74) is 1.56. The Morgan fingerprint density at radius 3 is 2.88 bits per heavy atom. The van der Waals surface area contributed by atoms with Crippen molar-refractivity contribution in [2.45, 2.75) is 30.0 Å². The van der Waals surface area contributed by atoms with Crippen molar-refractivity contribution in [1.29, 1.82) is 0 Å². The second-order valence-corrected chi connectivity index (χ2v) is 7.67. The Morgan fingerprint density at radius 2 is 2.12 bits per heavy atom. The van der Waals surface area contributed by atoms with Crippen molar-refractivity contribution in [3.05, 3.63) is 48.0 Å². The van der Waals surface area contributed by atoms with Crippen LogP contribution < -0.4 is 19.7 Å². The van der Waals surface area contributed by atoms with Crippen LogP contribution in [0.3, 0.4) is 0 Å². The average molecular weight is 373 g/mol. The molecular weight excluding hydrogens is 352 g/mol. The van der Waals surface area contributed by atoms with Crippen molar-refractivity contribution in [3.63, 3.8) is 0 Å². The third kappa shape index (κ3) is 2.64. The maximum absolute atomic E-state index is 6.49. The number of hydrogen-bond acceptors (Lipinski definition) is 4. The van der Waals surface area contributed by atoms with Crippen LogP contribution in [0.15, 0.2) is 47.4 Å². The molecule has 2 atom stereocenters. The summed E-state index contributed by atoms with van der Waals surface area (Å²) in [4.78, 5) is 3.27. The summed E-state index contributed by atoms with van der Waals surface area (Å²) in [5.74, 6) is 1.55. The van der Waals surface area contributed by atoms with Gasteiger partial charge in [0, 0.05) is 22.6 Å². The van der Waals surface area contributed by atoms with Crippen molar-refractivity contribution in [2.24, 2.45) is 0 Å². The van der Waals surface area contributed by atoms with Gasteiger partial charge in [-0.25, -0.2) is 0 Å². The Bertz CT molecular complexity index is 842. The highest BCUT2D eigenvalue weighted by molar-refractivity contribution is 7.98. The molecule has 2 aromatic rings. The number of nitrogens with one attached hydrogen (secondary N) is 1. The van der Waals surface area contributed by atoms with Gasteiger partial charge >= 0.3 is 0 Å². The smallest absolute Gasteiger partial charge is 0.188 e. The minimum absolute atomic E-state index is 0.122. The predicted octanol–water partition coefficient (Wildman–Crippen LogP) is 4.35. The molecule has 130 valence electrons. The van der Waals surface area contributed by atoms with Gasteiger partial charge in [-0.3, -0.25) is 4.90 Å². The fourth-order valence-electron chi connectivity index (χ4n) is 3.66. The summed E-state index contributed by atoms with van der Waals surface area (Å²) in [6.07, 6.45) is 2.87. The lowest BCUT2D eigenvalue weighted by Crippen LogP contribution is -2.65. The number of ether oxygens (including phenoxy) is 2. The van der Waals surface area contributed by atoms with Crippen molar-refractivity contribution in [1.82, 2.24) is 5.32 Å². The fourth-order valence-corrected chi connectivity index (χ4v) is 4.56. The maximum Gasteiger partial charge on any atom is 0.188 e. The molecule has 4 nitrogen and oxygen atoms in total. The molecule has 25 heavy (non-hydrogen) atoms. The van der Waals surface area contributed by atoms with E-state index in [2.05, 4.69) is 53.7 Å². The molecule has 1 saturated heterocycles. The van der Waals surface area contributed by atoms with E-state index in [1.54, 1.807) is 18.9 Å². The molecule has 2 aromatic carbocycles. The van der Waals surface area contributed by atoms with Crippen LogP contribution >= 0.6 is 24.0 Å². The SMILES string of the molecule is COc1cccc2c1O[C@@]1(C)C[C@H]2NC(=S)N1c1cccc(SC)c1. The molecule has 0 spiro atoms. The molecule has 2 aliphatic heterocycles. The lowest BCUT2D eigenvalue weighted by atomic mass is 9.90. The Labute approximate surface area is 157 Å². The van der Waals surface area contributed by atoms with Crippen LogP contribution in [0.1, 0.15) is 24.9 Å². The third-order valence-electron chi connectivity index (χ3n) is 4.79. The van der Waals surface area contributed by atoms with Gasteiger partial charge in [0.1, 0.15) is 0 Å². The quantitative estimate of drug-likeness (QED) is 0.637. The summed E-state index contributed by atoms with van der Waals surface area (Å²) >= 11 is 7.42. The number of rotatable bonds is 3. The van der Waals surface area contributed by atoms with Gasteiger partial charge in [0.05, 0.1) is 13.2 Å². The minimum atomic E-state index is -0.564. The normalized spacial score (nSPS) is 24.2. The van der Waals surface area contributed by atoms with Crippen LogP contribution in [0.4, 0.5) is 5.69 Å². The van der Waals surface area contributed by atoms with Crippen LogP contribution in [-0.2, 0) is 0 Å². The summed E-state index contributed by atoms with van der Waals surface area (Å²) in [7, 11) is 1.67. The number of anilines is 1.